The minimum Gasteiger partial charge on any atom is -0.379 e. The fourth-order valence-corrected chi connectivity index (χ4v) is 4.66. The third-order valence-electron chi connectivity index (χ3n) is 5.21. The van der Waals surface area contributed by atoms with Gasteiger partial charge in [0.05, 0.1) is 29.1 Å². The molecular formula is C21H27ClN4O3S. The number of aromatic nitrogens is 2. The highest BCUT2D eigenvalue weighted by Gasteiger charge is 2.25. The van der Waals surface area contributed by atoms with Crippen molar-refractivity contribution in [3.8, 4) is 0 Å². The molecule has 0 bridgehead atoms. The van der Waals surface area contributed by atoms with Crippen molar-refractivity contribution in [2.24, 2.45) is 0 Å². The summed E-state index contributed by atoms with van der Waals surface area (Å²) in [5, 5.41) is 4.58. The summed E-state index contributed by atoms with van der Waals surface area (Å²) in [6.07, 6.45) is 0.854. The maximum atomic E-state index is 13.2. The number of fused-ring (bicyclic) bond motifs is 1. The van der Waals surface area contributed by atoms with Crippen LogP contribution in [-0.4, -0.2) is 60.3 Å². The SMILES string of the molecule is Cc1cc(C(=O)N(CCCN2CCOCC2)c2nc3c(C)ccc(C)c3s2)on1.Cl. The van der Waals surface area contributed by atoms with Crippen LogP contribution in [0.2, 0.25) is 0 Å². The molecule has 1 fully saturated rings. The van der Waals surface area contributed by atoms with Crippen molar-refractivity contribution >= 4 is 45.0 Å². The summed E-state index contributed by atoms with van der Waals surface area (Å²) in [6.45, 7) is 10.9. The van der Waals surface area contributed by atoms with Crippen LogP contribution in [-0.2, 0) is 4.74 Å². The van der Waals surface area contributed by atoms with E-state index in [0.717, 1.165) is 55.0 Å². The molecule has 162 valence electrons. The van der Waals surface area contributed by atoms with Crippen LogP contribution in [0.4, 0.5) is 5.13 Å². The number of carbonyl (C=O) groups excluding carboxylic acids is 1. The molecule has 1 aromatic carbocycles. The summed E-state index contributed by atoms with van der Waals surface area (Å²) < 4.78 is 11.8. The molecule has 1 saturated heterocycles. The van der Waals surface area contributed by atoms with E-state index in [1.54, 1.807) is 22.3 Å². The molecule has 7 nitrogen and oxygen atoms in total. The van der Waals surface area contributed by atoms with Gasteiger partial charge >= 0.3 is 0 Å². The number of rotatable bonds is 6. The lowest BCUT2D eigenvalue weighted by molar-refractivity contribution is 0.0376. The van der Waals surface area contributed by atoms with E-state index in [4.69, 9.17) is 14.2 Å². The number of nitrogens with zero attached hydrogens (tertiary/aromatic N) is 4. The predicted molar refractivity (Wildman–Crippen MR) is 121 cm³/mol. The molecule has 0 N–H and O–H groups in total. The van der Waals surface area contributed by atoms with Gasteiger partial charge in [0, 0.05) is 32.2 Å². The lowest BCUT2D eigenvalue weighted by Gasteiger charge is -2.27. The van der Waals surface area contributed by atoms with Crippen molar-refractivity contribution < 1.29 is 14.1 Å². The quantitative estimate of drug-likeness (QED) is 0.565. The molecule has 0 saturated carbocycles. The molecule has 0 aliphatic carbocycles. The summed E-state index contributed by atoms with van der Waals surface area (Å²) in [7, 11) is 0. The number of morpholine rings is 1. The highest BCUT2D eigenvalue weighted by Crippen LogP contribution is 2.33. The van der Waals surface area contributed by atoms with Crippen LogP contribution in [0.15, 0.2) is 22.7 Å². The Morgan fingerprint density at radius 3 is 2.60 bits per heavy atom. The lowest BCUT2D eigenvalue weighted by Crippen LogP contribution is -2.39. The number of ether oxygens (including phenoxy) is 1. The second kappa shape index (κ2) is 9.87. The van der Waals surface area contributed by atoms with E-state index in [2.05, 4.69) is 36.0 Å². The first-order chi connectivity index (χ1) is 14.0. The van der Waals surface area contributed by atoms with Crippen LogP contribution in [0.3, 0.4) is 0 Å². The highest BCUT2D eigenvalue weighted by atomic mass is 35.5. The Balaban J connectivity index is 0.00000256. The number of halogens is 1. The first kappa shape index (κ1) is 22.7. The molecule has 9 heteroatoms. The second-order valence-electron chi connectivity index (χ2n) is 7.47. The number of aryl methyl sites for hydroxylation is 3. The number of hydrogen-bond acceptors (Lipinski definition) is 7. The van der Waals surface area contributed by atoms with Gasteiger partial charge in [-0.05, 0) is 38.3 Å². The van der Waals surface area contributed by atoms with Gasteiger partial charge in [0.25, 0.3) is 5.91 Å². The lowest BCUT2D eigenvalue weighted by atomic mass is 10.1. The van der Waals surface area contributed by atoms with E-state index < -0.39 is 0 Å². The fraction of sp³-hybridized carbons (Fsp3) is 0.476. The van der Waals surface area contributed by atoms with Crippen molar-refractivity contribution in [3.05, 3.63) is 40.8 Å². The molecule has 2 aromatic heterocycles. The van der Waals surface area contributed by atoms with Crippen LogP contribution < -0.4 is 4.90 Å². The topological polar surface area (TPSA) is 71.7 Å². The maximum Gasteiger partial charge on any atom is 0.298 e. The Bertz CT molecular complexity index is 974. The van der Waals surface area contributed by atoms with Gasteiger partial charge in [-0.3, -0.25) is 14.6 Å². The number of hydrogen-bond donors (Lipinski definition) is 0. The first-order valence-electron chi connectivity index (χ1n) is 9.95. The van der Waals surface area contributed by atoms with Gasteiger partial charge in [-0.15, -0.1) is 12.4 Å². The third kappa shape index (κ3) is 4.83. The Morgan fingerprint density at radius 2 is 1.93 bits per heavy atom. The molecule has 30 heavy (non-hydrogen) atoms. The van der Waals surface area contributed by atoms with Gasteiger partial charge in [-0.2, -0.15) is 0 Å². The largest absolute Gasteiger partial charge is 0.379 e. The average Bonchev–Trinajstić information content (AvgIpc) is 3.36. The predicted octanol–water partition coefficient (Wildman–Crippen LogP) is 4.00. The second-order valence-corrected chi connectivity index (χ2v) is 8.45. The molecule has 0 unspecified atom stereocenters. The molecule has 1 aliphatic heterocycles. The van der Waals surface area contributed by atoms with Crippen molar-refractivity contribution in [2.75, 3.05) is 44.3 Å². The van der Waals surface area contributed by atoms with Crippen molar-refractivity contribution in [2.45, 2.75) is 27.2 Å². The van der Waals surface area contributed by atoms with Crippen molar-refractivity contribution in [1.29, 1.82) is 0 Å². The Labute approximate surface area is 186 Å². The smallest absolute Gasteiger partial charge is 0.298 e. The molecule has 0 spiro atoms. The van der Waals surface area contributed by atoms with E-state index in [9.17, 15) is 4.79 Å². The first-order valence-corrected chi connectivity index (χ1v) is 10.8. The van der Waals surface area contributed by atoms with Gasteiger partial charge in [0.2, 0.25) is 5.76 Å². The van der Waals surface area contributed by atoms with Crippen LogP contribution in [0.1, 0.15) is 33.8 Å². The Morgan fingerprint density at radius 1 is 1.20 bits per heavy atom. The molecule has 4 rings (SSSR count). The van der Waals surface area contributed by atoms with Gasteiger partial charge < -0.3 is 9.26 Å². The monoisotopic (exact) mass is 450 g/mol. The number of benzene rings is 1. The van der Waals surface area contributed by atoms with E-state index in [1.807, 2.05) is 6.92 Å². The van der Waals surface area contributed by atoms with Gasteiger partial charge in [-0.1, -0.05) is 28.6 Å². The van der Waals surface area contributed by atoms with Gasteiger partial charge in [0.15, 0.2) is 5.13 Å². The van der Waals surface area contributed by atoms with Gasteiger partial charge in [0.1, 0.15) is 0 Å². The summed E-state index contributed by atoms with van der Waals surface area (Å²) in [6, 6.07) is 5.86. The molecule has 0 atom stereocenters. The standard InChI is InChI=1S/C21H26N4O3S.ClH/c1-14-5-6-15(2)19-18(14)22-21(29-19)25(20(26)17-13-16(3)23-28-17)8-4-7-24-9-11-27-12-10-24;/h5-6,13H,4,7-12H2,1-3H3;1H. The van der Waals surface area contributed by atoms with Crippen molar-refractivity contribution in [3.63, 3.8) is 0 Å². The van der Waals surface area contributed by atoms with E-state index in [1.165, 1.54) is 5.56 Å². The highest BCUT2D eigenvalue weighted by molar-refractivity contribution is 7.22. The zero-order chi connectivity index (χ0) is 20.4. The van der Waals surface area contributed by atoms with Crippen LogP contribution in [0, 0.1) is 20.8 Å². The normalized spacial score (nSPS) is 14.6. The minimum absolute atomic E-state index is 0. The molecule has 0 radical (unpaired) electrons. The zero-order valence-corrected chi connectivity index (χ0v) is 19.1. The van der Waals surface area contributed by atoms with Crippen LogP contribution in [0.5, 0.6) is 0 Å². The molecule has 1 amide bonds. The Hall–Kier alpha value is -2.00. The molecule has 3 aromatic rings. The molecular weight excluding hydrogens is 424 g/mol. The summed E-state index contributed by atoms with van der Waals surface area (Å²) in [5.41, 5.74) is 3.94. The number of thiazole rings is 1. The third-order valence-corrected chi connectivity index (χ3v) is 6.42. The van der Waals surface area contributed by atoms with E-state index >= 15 is 0 Å². The van der Waals surface area contributed by atoms with E-state index in [-0.39, 0.29) is 24.1 Å². The Kier molecular flexibility index (Phi) is 7.46. The summed E-state index contributed by atoms with van der Waals surface area (Å²) in [4.78, 5) is 22.1. The zero-order valence-electron chi connectivity index (χ0n) is 17.5. The summed E-state index contributed by atoms with van der Waals surface area (Å²) in [5.74, 6) is 0.0588. The van der Waals surface area contributed by atoms with Gasteiger partial charge in [-0.25, -0.2) is 4.98 Å². The number of anilines is 1. The maximum absolute atomic E-state index is 13.2. The molecule has 3 heterocycles. The van der Waals surface area contributed by atoms with Crippen LogP contribution >= 0.6 is 23.7 Å². The van der Waals surface area contributed by atoms with Crippen molar-refractivity contribution in [1.82, 2.24) is 15.0 Å². The van der Waals surface area contributed by atoms with Crippen LogP contribution in [0.25, 0.3) is 10.2 Å². The minimum atomic E-state index is -0.193. The summed E-state index contributed by atoms with van der Waals surface area (Å²) >= 11 is 1.56. The average molecular weight is 451 g/mol. The number of amides is 1. The van der Waals surface area contributed by atoms with E-state index in [0.29, 0.717) is 17.4 Å². The fourth-order valence-electron chi connectivity index (χ4n) is 3.52. The number of carbonyl (C=O) groups is 1. The molecule has 1 aliphatic rings.